The summed E-state index contributed by atoms with van der Waals surface area (Å²) < 4.78 is 29.5. The molecular formula is C22H21B3ClF2N3O4. The van der Waals surface area contributed by atoms with Crippen molar-refractivity contribution in [2.24, 2.45) is 0 Å². The van der Waals surface area contributed by atoms with E-state index in [-0.39, 0.29) is 42.2 Å². The monoisotopic (exact) mass is 497 g/mol. The van der Waals surface area contributed by atoms with E-state index in [1.165, 1.54) is 25.0 Å². The predicted octanol–water partition coefficient (Wildman–Crippen LogP) is -0.238. The van der Waals surface area contributed by atoms with Crippen molar-refractivity contribution >= 4 is 58.9 Å². The number of alkyl halides is 2. The Labute approximate surface area is 208 Å². The number of imide groups is 1. The van der Waals surface area contributed by atoms with Gasteiger partial charge in [-0.25, -0.2) is 0 Å². The molecule has 4 rings (SSSR count). The van der Waals surface area contributed by atoms with Crippen LogP contribution in [0.25, 0.3) is 0 Å². The van der Waals surface area contributed by atoms with E-state index in [4.69, 9.17) is 11.6 Å². The third kappa shape index (κ3) is 4.24. The fraction of sp³-hybridized carbons (Fsp3) is 0.273. The zero-order valence-electron chi connectivity index (χ0n) is 19.4. The molecule has 178 valence electrons. The Bertz CT molecular complexity index is 1250. The molecule has 35 heavy (non-hydrogen) atoms. The number of rotatable bonds is 5. The molecule has 0 spiro atoms. The smallest absolute Gasteiger partial charge is 0.348 e. The number of carbonyl (C=O) groups excluding carboxylic acids is 4. The average molecular weight is 497 g/mol. The summed E-state index contributed by atoms with van der Waals surface area (Å²) in [5.41, 5.74) is -0.0936. The highest BCUT2D eigenvalue weighted by Crippen LogP contribution is 2.38. The molecule has 0 bridgehead atoms. The minimum atomic E-state index is -3.74. The molecular weight excluding hydrogens is 476 g/mol. The second kappa shape index (κ2) is 8.82. The summed E-state index contributed by atoms with van der Waals surface area (Å²) in [7, 11) is 4.66. The van der Waals surface area contributed by atoms with Crippen LogP contribution < -0.4 is 5.32 Å². The molecule has 1 saturated heterocycles. The lowest BCUT2D eigenvalue weighted by molar-refractivity contribution is -0.154. The Kier molecular flexibility index (Phi) is 6.29. The lowest BCUT2D eigenvalue weighted by Gasteiger charge is -2.44. The van der Waals surface area contributed by atoms with Crippen molar-refractivity contribution in [2.75, 3.05) is 0 Å². The first kappa shape index (κ1) is 25.0. The SMILES string of the molecule is BC1CC(=O)NC(=O)[C@]1(B)N1Cc2cc(CN(B)C(=O)C(F)(F)c3ccc(Cl)cc3)ccc2C1=O. The first-order chi connectivity index (χ1) is 16.4. The van der Waals surface area contributed by atoms with E-state index in [0.717, 1.165) is 16.9 Å². The molecule has 2 aliphatic rings. The Morgan fingerprint density at radius 2 is 1.86 bits per heavy atom. The zero-order valence-corrected chi connectivity index (χ0v) is 20.2. The number of nitrogens with zero attached hydrogens (tertiary/aromatic N) is 2. The normalized spacial score (nSPS) is 22.1. The highest BCUT2D eigenvalue weighted by atomic mass is 35.5. The number of piperidine rings is 1. The van der Waals surface area contributed by atoms with Crippen LogP contribution in [-0.2, 0) is 33.4 Å². The number of amides is 4. The van der Waals surface area contributed by atoms with Crippen LogP contribution in [0.3, 0.4) is 0 Å². The van der Waals surface area contributed by atoms with E-state index in [1.54, 1.807) is 33.9 Å². The second-order valence-electron chi connectivity index (χ2n) is 9.26. The molecule has 0 aliphatic carbocycles. The highest BCUT2D eigenvalue weighted by Gasteiger charge is 2.52. The van der Waals surface area contributed by atoms with Gasteiger partial charge in [0.15, 0.2) is 0 Å². The first-order valence-corrected chi connectivity index (χ1v) is 11.4. The third-order valence-electron chi connectivity index (χ3n) is 6.94. The average Bonchev–Trinajstić information content (AvgIpc) is 3.13. The number of hydrogen-bond donors (Lipinski definition) is 1. The van der Waals surface area contributed by atoms with E-state index in [1.807, 2.05) is 0 Å². The van der Waals surface area contributed by atoms with E-state index in [9.17, 15) is 28.0 Å². The van der Waals surface area contributed by atoms with Gasteiger partial charge in [-0.2, -0.15) is 8.78 Å². The van der Waals surface area contributed by atoms with Gasteiger partial charge in [0.05, 0.1) is 5.44 Å². The topological polar surface area (TPSA) is 86.8 Å². The molecule has 13 heteroatoms. The third-order valence-corrected chi connectivity index (χ3v) is 7.19. The number of hydrogen-bond acceptors (Lipinski definition) is 4. The predicted molar refractivity (Wildman–Crippen MR) is 132 cm³/mol. The maximum atomic E-state index is 14.8. The van der Waals surface area contributed by atoms with Crippen LogP contribution in [0, 0.1) is 0 Å². The molecule has 2 aromatic carbocycles. The van der Waals surface area contributed by atoms with Gasteiger partial charge in [0.2, 0.25) is 19.8 Å². The van der Waals surface area contributed by atoms with E-state index in [0.29, 0.717) is 16.7 Å². The fourth-order valence-electron chi connectivity index (χ4n) is 4.61. The summed E-state index contributed by atoms with van der Waals surface area (Å²) in [5.74, 6) is -6.75. The van der Waals surface area contributed by atoms with Gasteiger partial charge in [-0.3, -0.25) is 24.5 Å². The minimum absolute atomic E-state index is 0.105. The lowest BCUT2D eigenvalue weighted by atomic mass is 9.56. The standard InChI is InChI=1S/C22H21B3ClF2N3O4/c23-16-8-17(32)29-19(34)21(16,24)30-10-12-7-11(1-6-15(12)18(30)33)9-31(25)20(35)22(27,28)13-2-4-14(26)5-3-13/h1-7,16H,8-10,23-25H2,(H,29,32,34)/t16?,21-/m1/s1. The summed E-state index contributed by atoms with van der Waals surface area (Å²) >= 11 is 5.75. The van der Waals surface area contributed by atoms with Crippen LogP contribution in [0.15, 0.2) is 42.5 Å². The maximum Gasteiger partial charge on any atom is 0.348 e. The summed E-state index contributed by atoms with van der Waals surface area (Å²) in [6, 6.07) is 9.66. The van der Waals surface area contributed by atoms with Gasteiger partial charge in [-0.15, -0.1) is 0 Å². The van der Waals surface area contributed by atoms with Gasteiger partial charge in [-0.1, -0.05) is 35.9 Å². The molecule has 1 fully saturated rings. The molecule has 2 aromatic rings. The molecule has 1 N–H and O–H groups in total. The van der Waals surface area contributed by atoms with Gasteiger partial charge in [0, 0.05) is 35.7 Å². The van der Waals surface area contributed by atoms with Crippen molar-refractivity contribution < 1.29 is 28.0 Å². The number of halogens is 3. The van der Waals surface area contributed by atoms with Crippen LogP contribution in [0.4, 0.5) is 8.78 Å². The van der Waals surface area contributed by atoms with Gasteiger partial charge in [0.25, 0.3) is 11.8 Å². The Balaban J connectivity index is 1.52. The summed E-state index contributed by atoms with van der Waals surface area (Å²) in [4.78, 5) is 52.5. The number of fused-ring (bicyclic) bond motifs is 1. The zero-order chi connectivity index (χ0) is 25.7. The van der Waals surface area contributed by atoms with Gasteiger partial charge < -0.3 is 9.71 Å². The fourth-order valence-corrected chi connectivity index (χ4v) is 4.74. The first-order valence-electron chi connectivity index (χ1n) is 11.0. The molecule has 2 heterocycles. The van der Waals surface area contributed by atoms with Gasteiger partial charge in [0.1, 0.15) is 15.7 Å². The highest BCUT2D eigenvalue weighted by molar-refractivity contribution is 6.38. The van der Waals surface area contributed by atoms with Crippen LogP contribution in [0.5, 0.6) is 0 Å². The minimum Gasteiger partial charge on any atom is -0.384 e. The second-order valence-corrected chi connectivity index (χ2v) is 9.69. The van der Waals surface area contributed by atoms with Gasteiger partial charge in [-0.05, 0) is 35.1 Å². The van der Waals surface area contributed by atoms with Crippen LogP contribution >= 0.6 is 11.6 Å². The number of carbonyl (C=O) groups is 4. The van der Waals surface area contributed by atoms with Crippen molar-refractivity contribution in [1.29, 1.82) is 0 Å². The molecule has 2 aliphatic heterocycles. The number of benzene rings is 2. The van der Waals surface area contributed by atoms with Crippen molar-refractivity contribution in [3.63, 3.8) is 0 Å². The molecule has 4 amide bonds. The molecule has 0 aromatic heterocycles. The van der Waals surface area contributed by atoms with Crippen LogP contribution in [0.1, 0.15) is 33.5 Å². The molecule has 0 saturated carbocycles. The van der Waals surface area contributed by atoms with Crippen molar-refractivity contribution in [3.8, 4) is 0 Å². The largest absolute Gasteiger partial charge is 0.384 e. The molecule has 0 radical (unpaired) electrons. The quantitative estimate of drug-likeness (QED) is 0.457. The van der Waals surface area contributed by atoms with Crippen LogP contribution in [-0.4, -0.2) is 62.5 Å². The van der Waals surface area contributed by atoms with Crippen molar-refractivity contribution in [3.05, 3.63) is 69.7 Å². The Morgan fingerprint density at radius 1 is 1.20 bits per heavy atom. The van der Waals surface area contributed by atoms with Crippen molar-refractivity contribution in [1.82, 2.24) is 15.0 Å². The molecule has 1 unspecified atom stereocenters. The summed E-state index contributed by atoms with van der Waals surface area (Å²) in [6.07, 6.45) is 0.113. The maximum absolute atomic E-state index is 14.8. The van der Waals surface area contributed by atoms with E-state index >= 15 is 0 Å². The Morgan fingerprint density at radius 3 is 2.49 bits per heavy atom. The molecule has 7 nitrogen and oxygen atoms in total. The molecule has 2 atom stereocenters. The van der Waals surface area contributed by atoms with Crippen molar-refractivity contribution in [2.45, 2.75) is 36.7 Å². The van der Waals surface area contributed by atoms with E-state index in [2.05, 4.69) is 5.32 Å². The van der Waals surface area contributed by atoms with Crippen LogP contribution in [0.2, 0.25) is 10.8 Å². The summed E-state index contributed by atoms with van der Waals surface area (Å²) in [6.45, 7) is 0.0230. The lowest BCUT2D eigenvalue weighted by Crippen LogP contribution is -2.66. The van der Waals surface area contributed by atoms with Gasteiger partial charge >= 0.3 is 5.92 Å². The summed E-state index contributed by atoms with van der Waals surface area (Å²) in [5, 5.41) is 2.60. The van der Waals surface area contributed by atoms with E-state index < -0.39 is 28.7 Å². The Hall–Kier alpha value is -3.14. The number of nitrogens with one attached hydrogen (secondary N) is 1.